The smallest absolute Gasteiger partial charge is 0.252 e. The van der Waals surface area contributed by atoms with Crippen LogP contribution in [0.25, 0.3) is 10.9 Å². The molecule has 1 fully saturated rings. The van der Waals surface area contributed by atoms with E-state index in [0.717, 1.165) is 53.8 Å². The van der Waals surface area contributed by atoms with E-state index in [-0.39, 0.29) is 11.6 Å². The number of methoxy groups -OCH3 is 1. The first kappa shape index (κ1) is 22.7. The monoisotopic (exact) mass is 478 g/mol. The van der Waals surface area contributed by atoms with E-state index in [9.17, 15) is 4.79 Å². The number of ether oxygens (including phenoxy) is 1. The number of thiophene rings is 1. The third-order valence-corrected chi connectivity index (χ3v) is 7.62. The van der Waals surface area contributed by atoms with Crippen molar-refractivity contribution in [1.82, 2.24) is 30.1 Å². The number of nitrogens with zero attached hydrogens (tertiary/aromatic N) is 5. The van der Waals surface area contributed by atoms with Crippen LogP contribution in [-0.2, 0) is 13.1 Å². The number of pyridine rings is 1. The molecule has 0 bridgehead atoms. The Kier molecular flexibility index (Phi) is 6.73. The fourth-order valence-corrected chi connectivity index (χ4v) is 5.73. The molecular formula is C25H30N6O2S. The Hall–Kier alpha value is -3.04. The maximum Gasteiger partial charge on any atom is 0.252 e. The van der Waals surface area contributed by atoms with Gasteiger partial charge in [-0.2, -0.15) is 0 Å². The standard InChI is InChI=1S/C25H30N6O2S/c1-3-23(24-27-28-29-31(24)19-7-4-5-8-19)30(16-21-9-6-12-34-21)15-18-13-17-14-20(33-2)10-11-22(17)26-25(18)32/h6,9-14,19,23H,3-5,7-8,15-16H2,1-2H3,(H,26,32)/t23-/m1/s1. The lowest BCUT2D eigenvalue weighted by Crippen LogP contribution is -2.32. The molecule has 34 heavy (non-hydrogen) atoms. The van der Waals surface area contributed by atoms with Crippen molar-refractivity contribution in [2.75, 3.05) is 7.11 Å². The van der Waals surface area contributed by atoms with Crippen molar-refractivity contribution in [3.8, 4) is 5.75 Å². The zero-order valence-corrected chi connectivity index (χ0v) is 20.4. The van der Waals surface area contributed by atoms with Gasteiger partial charge in [0.1, 0.15) is 5.75 Å². The molecule has 1 aliphatic rings. The molecule has 0 aliphatic heterocycles. The molecule has 5 rings (SSSR count). The van der Waals surface area contributed by atoms with Crippen molar-refractivity contribution in [2.24, 2.45) is 0 Å². The summed E-state index contributed by atoms with van der Waals surface area (Å²) in [7, 11) is 1.65. The Balaban J connectivity index is 1.52. The Labute approximate surface area is 202 Å². The number of tetrazole rings is 1. The van der Waals surface area contributed by atoms with Crippen molar-refractivity contribution in [3.63, 3.8) is 0 Å². The Bertz CT molecular complexity index is 1290. The SMILES string of the molecule is CC[C@H](c1nnnn1C1CCCC1)N(Cc1cccs1)Cc1cc2cc(OC)ccc2[nH]c1=O. The fraction of sp³-hybridized carbons (Fsp3) is 0.440. The Morgan fingerprint density at radius 1 is 1.24 bits per heavy atom. The molecule has 3 heterocycles. The number of hydrogen-bond donors (Lipinski definition) is 1. The van der Waals surface area contributed by atoms with Crippen LogP contribution >= 0.6 is 11.3 Å². The van der Waals surface area contributed by atoms with Gasteiger partial charge in [-0.05, 0) is 65.4 Å². The van der Waals surface area contributed by atoms with E-state index in [0.29, 0.717) is 12.6 Å². The predicted octanol–water partition coefficient (Wildman–Crippen LogP) is 4.85. The van der Waals surface area contributed by atoms with Crippen LogP contribution in [0.3, 0.4) is 0 Å². The Morgan fingerprint density at radius 2 is 2.09 bits per heavy atom. The second-order valence-corrected chi connectivity index (χ2v) is 9.94. The Morgan fingerprint density at radius 3 is 2.82 bits per heavy atom. The third-order valence-electron chi connectivity index (χ3n) is 6.76. The summed E-state index contributed by atoms with van der Waals surface area (Å²) >= 11 is 1.73. The van der Waals surface area contributed by atoms with E-state index in [1.54, 1.807) is 18.4 Å². The van der Waals surface area contributed by atoms with E-state index >= 15 is 0 Å². The number of rotatable bonds is 9. The molecule has 1 saturated carbocycles. The van der Waals surface area contributed by atoms with Crippen LogP contribution in [0.15, 0.2) is 46.6 Å². The largest absolute Gasteiger partial charge is 0.497 e. The number of nitrogens with one attached hydrogen (secondary N) is 1. The van der Waals surface area contributed by atoms with Gasteiger partial charge < -0.3 is 9.72 Å². The van der Waals surface area contributed by atoms with Gasteiger partial charge >= 0.3 is 0 Å². The zero-order chi connectivity index (χ0) is 23.5. The molecule has 9 heteroatoms. The molecule has 0 unspecified atom stereocenters. The minimum Gasteiger partial charge on any atom is -0.497 e. The predicted molar refractivity (Wildman–Crippen MR) is 133 cm³/mol. The quantitative estimate of drug-likeness (QED) is 0.370. The van der Waals surface area contributed by atoms with Crippen LogP contribution in [0.1, 0.15) is 67.4 Å². The van der Waals surface area contributed by atoms with E-state index in [1.165, 1.54) is 17.7 Å². The first-order valence-electron chi connectivity index (χ1n) is 11.9. The maximum absolute atomic E-state index is 13.0. The average molecular weight is 479 g/mol. The van der Waals surface area contributed by atoms with E-state index in [4.69, 9.17) is 4.74 Å². The number of fused-ring (bicyclic) bond motifs is 1. The summed E-state index contributed by atoms with van der Waals surface area (Å²) in [6, 6.07) is 12.2. The maximum atomic E-state index is 13.0. The molecule has 1 aliphatic carbocycles. The molecule has 178 valence electrons. The number of H-pyrrole nitrogens is 1. The number of aromatic nitrogens is 5. The zero-order valence-electron chi connectivity index (χ0n) is 19.6. The molecule has 0 amide bonds. The topological polar surface area (TPSA) is 88.9 Å². The summed E-state index contributed by atoms with van der Waals surface area (Å²) in [5.41, 5.74) is 1.45. The molecular weight excluding hydrogens is 448 g/mol. The number of aromatic amines is 1. The summed E-state index contributed by atoms with van der Waals surface area (Å²) in [5, 5.41) is 16.0. The van der Waals surface area contributed by atoms with Gasteiger partial charge in [-0.25, -0.2) is 4.68 Å². The van der Waals surface area contributed by atoms with Crippen LogP contribution in [0, 0.1) is 0 Å². The highest BCUT2D eigenvalue weighted by molar-refractivity contribution is 7.09. The van der Waals surface area contributed by atoms with Crippen LogP contribution in [-0.4, -0.2) is 37.2 Å². The van der Waals surface area contributed by atoms with Crippen molar-refractivity contribution in [1.29, 1.82) is 0 Å². The van der Waals surface area contributed by atoms with Gasteiger partial charge in [0.25, 0.3) is 5.56 Å². The average Bonchev–Trinajstić information content (AvgIpc) is 3.62. The first-order valence-corrected chi connectivity index (χ1v) is 12.8. The molecule has 0 radical (unpaired) electrons. The summed E-state index contributed by atoms with van der Waals surface area (Å²) < 4.78 is 7.42. The van der Waals surface area contributed by atoms with Crippen LogP contribution in [0.5, 0.6) is 5.75 Å². The highest BCUT2D eigenvalue weighted by atomic mass is 32.1. The lowest BCUT2D eigenvalue weighted by atomic mass is 10.1. The van der Waals surface area contributed by atoms with Gasteiger partial charge in [0.2, 0.25) is 0 Å². The van der Waals surface area contributed by atoms with Crippen molar-refractivity contribution < 1.29 is 4.74 Å². The molecule has 0 spiro atoms. The highest BCUT2D eigenvalue weighted by Gasteiger charge is 2.29. The summed E-state index contributed by atoms with van der Waals surface area (Å²) in [5.74, 6) is 1.66. The lowest BCUT2D eigenvalue weighted by Gasteiger charge is -2.30. The summed E-state index contributed by atoms with van der Waals surface area (Å²) in [6.07, 6.45) is 5.51. The molecule has 8 nitrogen and oxygen atoms in total. The van der Waals surface area contributed by atoms with Gasteiger partial charge in [0, 0.05) is 34.4 Å². The number of hydrogen-bond acceptors (Lipinski definition) is 7. The molecule has 3 aromatic heterocycles. The van der Waals surface area contributed by atoms with E-state index in [2.05, 4.69) is 49.8 Å². The second-order valence-electron chi connectivity index (χ2n) is 8.91. The van der Waals surface area contributed by atoms with Gasteiger partial charge in [-0.1, -0.05) is 25.8 Å². The van der Waals surface area contributed by atoms with Gasteiger partial charge in [-0.15, -0.1) is 16.4 Å². The van der Waals surface area contributed by atoms with Crippen LogP contribution < -0.4 is 10.3 Å². The number of benzene rings is 1. The van der Waals surface area contributed by atoms with Crippen LogP contribution in [0.2, 0.25) is 0 Å². The van der Waals surface area contributed by atoms with Gasteiger partial charge in [0.05, 0.1) is 19.2 Å². The fourth-order valence-electron chi connectivity index (χ4n) is 5.01. The minimum absolute atomic E-state index is 0.00175. The molecule has 1 N–H and O–H groups in total. The normalized spacial score (nSPS) is 15.4. The van der Waals surface area contributed by atoms with Crippen LogP contribution in [0.4, 0.5) is 0 Å². The van der Waals surface area contributed by atoms with Gasteiger partial charge in [-0.3, -0.25) is 9.69 Å². The van der Waals surface area contributed by atoms with Crippen molar-refractivity contribution in [2.45, 2.75) is 64.2 Å². The highest BCUT2D eigenvalue weighted by Crippen LogP contribution is 2.34. The van der Waals surface area contributed by atoms with Crippen molar-refractivity contribution in [3.05, 3.63) is 68.4 Å². The molecule has 1 aromatic carbocycles. The molecule has 4 aromatic rings. The molecule has 0 saturated heterocycles. The third kappa shape index (κ3) is 4.63. The van der Waals surface area contributed by atoms with Crippen molar-refractivity contribution >= 4 is 22.2 Å². The first-order chi connectivity index (χ1) is 16.7. The second kappa shape index (κ2) is 10.1. The van der Waals surface area contributed by atoms with E-state index < -0.39 is 0 Å². The molecule has 1 atom stereocenters. The van der Waals surface area contributed by atoms with E-state index in [1.807, 2.05) is 28.9 Å². The summed E-state index contributed by atoms with van der Waals surface area (Å²) in [6.45, 7) is 3.38. The lowest BCUT2D eigenvalue weighted by molar-refractivity contribution is 0.159. The van der Waals surface area contributed by atoms with Gasteiger partial charge in [0.15, 0.2) is 5.82 Å². The minimum atomic E-state index is -0.0703. The summed E-state index contributed by atoms with van der Waals surface area (Å²) in [4.78, 5) is 19.7.